The second kappa shape index (κ2) is 3.89. The van der Waals surface area contributed by atoms with E-state index in [0.29, 0.717) is 12.1 Å². The fourth-order valence-corrected chi connectivity index (χ4v) is 0.877. The van der Waals surface area contributed by atoms with E-state index in [-0.39, 0.29) is 5.91 Å². The first kappa shape index (κ1) is 9.51. The summed E-state index contributed by atoms with van der Waals surface area (Å²) in [5.74, 6) is 0.692. The molecule has 1 rings (SSSR count). The SMILES string of the molecule is C=C(C)C(=O)NCc1nccn1C. The van der Waals surface area contributed by atoms with Crippen LogP contribution in [0, 0.1) is 0 Å². The molecule has 0 aliphatic carbocycles. The Morgan fingerprint density at radius 3 is 2.92 bits per heavy atom. The monoisotopic (exact) mass is 179 g/mol. The predicted molar refractivity (Wildman–Crippen MR) is 49.9 cm³/mol. The Labute approximate surface area is 77.3 Å². The smallest absolute Gasteiger partial charge is 0.246 e. The van der Waals surface area contributed by atoms with Gasteiger partial charge in [-0.15, -0.1) is 0 Å². The molecule has 70 valence electrons. The van der Waals surface area contributed by atoms with Crippen LogP contribution >= 0.6 is 0 Å². The molecule has 0 aliphatic heterocycles. The molecular weight excluding hydrogens is 166 g/mol. The molecule has 13 heavy (non-hydrogen) atoms. The maximum atomic E-state index is 11.1. The van der Waals surface area contributed by atoms with Crippen molar-refractivity contribution in [2.24, 2.45) is 7.05 Å². The van der Waals surface area contributed by atoms with Crippen molar-refractivity contribution in [1.29, 1.82) is 0 Å². The maximum Gasteiger partial charge on any atom is 0.246 e. The van der Waals surface area contributed by atoms with E-state index in [1.807, 2.05) is 17.8 Å². The zero-order chi connectivity index (χ0) is 9.84. The number of rotatable bonds is 3. The molecule has 1 heterocycles. The lowest BCUT2D eigenvalue weighted by atomic mass is 10.3. The van der Waals surface area contributed by atoms with E-state index >= 15 is 0 Å². The molecule has 0 aliphatic rings. The molecule has 0 aromatic carbocycles. The van der Waals surface area contributed by atoms with Gasteiger partial charge in [-0.1, -0.05) is 6.58 Å². The highest BCUT2D eigenvalue weighted by Gasteiger charge is 2.03. The number of carbonyl (C=O) groups excluding carboxylic acids is 1. The van der Waals surface area contributed by atoms with Crippen LogP contribution in [0.5, 0.6) is 0 Å². The fraction of sp³-hybridized carbons (Fsp3) is 0.333. The molecule has 0 saturated heterocycles. The highest BCUT2D eigenvalue weighted by molar-refractivity contribution is 5.91. The highest BCUT2D eigenvalue weighted by atomic mass is 16.1. The van der Waals surface area contributed by atoms with Gasteiger partial charge in [0.05, 0.1) is 6.54 Å². The van der Waals surface area contributed by atoms with Gasteiger partial charge >= 0.3 is 0 Å². The number of carbonyl (C=O) groups is 1. The van der Waals surface area contributed by atoms with E-state index in [4.69, 9.17) is 0 Å². The average molecular weight is 179 g/mol. The lowest BCUT2D eigenvalue weighted by Crippen LogP contribution is -2.24. The van der Waals surface area contributed by atoms with Gasteiger partial charge < -0.3 is 9.88 Å². The van der Waals surface area contributed by atoms with Gasteiger partial charge in [0.15, 0.2) is 0 Å². The van der Waals surface area contributed by atoms with Gasteiger partial charge in [-0.05, 0) is 6.92 Å². The predicted octanol–water partition coefficient (Wildman–Crippen LogP) is 0.612. The van der Waals surface area contributed by atoms with Gasteiger partial charge in [-0.2, -0.15) is 0 Å². The van der Waals surface area contributed by atoms with Crippen LogP contribution in [0.1, 0.15) is 12.7 Å². The van der Waals surface area contributed by atoms with Crippen molar-refractivity contribution in [2.45, 2.75) is 13.5 Å². The number of nitrogens with one attached hydrogen (secondary N) is 1. The molecule has 0 spiro atoms. The van der Waals surface area contributed by atoms with Gasteiger partial charge in [0.2, 0.25) is 5.91 Å². The minimum atomic E-state index is -0.136. The number of amides is 1. The molecule has 1 N–H and O–H groups in total. The quantitative estimate of drug-likeness (QED) is 0.691. The number of hydrogen-bond acceptors (Lipinski definition) is 2. The molecule has 0 bridgehead atoms. The molecule has 0 fully saturated rings. The number of hydrogen-bond donors (Lipinski definition) is 1. The Bertz CT molecular complexity index is 327. The Morgan fingerprint density at radius 2 is 2.46 bits per heavy atom. The number of aryl methyl sites for hydroxylation is 1. The molecule has 0 radical (unpaired) electrons. The third-order valence-corrected chi connectivity index (χ3v) is 1.72. The van der Waals surface area contributed by atoms with Crippen molar-refractivity contribution in [3.8, 4) is 0 Å². The number of nitrogens with zero attached hydrogens (tertiary/aromatic N) is 2. The summed E-state index contributed by atoms with van der Waals surface area (Å²) in [6.07, 6.45) is 3.53. The largest absolute Gasteiger partial charge is 0.345 e. The highest BCUT2D eigenvalue weighted by Crippen LogP contribution is 1.94. The lowest BCUT2D eigenvalue weighted by molar-refractivity contribution is -0.117. The van der Waals surface area contributed by atoms with Crippen molar-refractivity contribution >= 4 is 5.91 Å². The van der Waals surface area contributed by atoms with E-state index in [2.05, 4.69) is 16.9 Å². The Morgan fingerprint density at radius 1 is 1.77 bits per heavy atom. The van der Waals surface area contributed by atoms with Gasteiger partial charge in [-0.3, -0.25) is 4.79 Å². The van der Waals surface area contributed by atoms with E-state index in [1.165, 1.54) is 0 Å². The molecule has 0 atom stereocenters. The third-order valence-electron chi connectivity index (χ3n) is 1.72. The lowest BCUT2D eigenvalue weighted by Gasteiger charge is -2.03. The van der Waals surface area contributed by atoms with Crippen LogP contribution in [-0.2, 0) is 18.4 Å². The van der Waals surface area contributed by atoms with E-state index < -0.39 is 0 Å². The zero-order valence-electron chi connectivity index (χ0n) is 7.87. The molecule has 4 nitrogen and oxygen atoms in total. The molecule has 1 amide bonds. The summed E-state index contributed by atoms with van der Waals surface area (Å²) in [6, 6.07) is 0. The van der Waals surface area contributed by atoms with Gasteiger partial charge in [0, 0.05) is 25.0 Å². The second-order valence-corrected chi connectivity index (χ2v) is 2.92. The van der Waals surface area contributed by atoms with E-state index in [0.717, 1.165) is 5.82 Å². The summed E-state index contributed by atoms with van der Waals surface area (Å²) in [7, 11) is 1.88. The Kier molecular flexibility index (Phi) is 2.84. The zero-order valence-corrected chi connectivity index (χ0v) is 7.87. The van der Waals surface area contributed by atoms with Crippen molar-refractivity contribution in [3.63, 3.8) is 0 Å². The summed E-state index contributed by atoms with van der Waals surface area (Å²) in [4.78, 5) is 15.2. The first-order chi connectivity index (χ1) is 6.11. The van der Waals surface area contributed by atoms with Crippen LogP contribution < -0.4 is 5.32 Å². The molecule has 0 saturated carbocycles. The number of imidazole rings is 1. The van der Waals surface area contributed by atoms with Crippen LogP contribution in [0.2, 0.25) is 0 Å². The standard InChI is InChI=1S/C9H13N3O/c1-7(2)9(13)11-6-8-10-4-5-12(8)3/h4-5H,1,6H2,2-3H3,(H,11,13). The van der Waals surface area contributed by atoms with E-state index in [1.54, 1.807) is 13.1 Å². The normalized spacial score (nSPS) is 9.69. The summed E-state index contributed by atoms with van der Waals surface area (Å²) in [5, 5.41) is 2.70. The third kappa shape index (κ3) is 2.43. The Hall–Kier alpha value is -1.58. The van der Waals surface area contributed by atoms with Crippen molar-refractivity contribution in [1.82, 2.24) is 14.9 Å². The summed E-state index contributed by atoms with van der Waals surface area (Å²) in [5.41, 5.74) is 0.509. The van der Waals surface area contributed by atoms with Gasteiger partial charge in [0.1, 0.15) is 5.82 Å². The minimum absolute atomic E-state index is 0.136. The molecule has 4 heteroatoms. The van der Waals surface area contributed by atoms with Gasteiger partial charge in [-0.25, -0.2) is 4.98 Å². The van der Waals surface area contributed by atoms with Crippen LogP contribution in [0.3, 0.4) is 0 Å². The second-order valence-electron chi connectivity index (χ2n) is 2.92. The van der Waals surface area contributed by atoms with Crippen LogP contribution in [0.15, 0.2) is 24.5 Å². The number of aromatic nitrogens is 2. The average Bonchev–Trinajstić information content (AvgIpc) is 2.47. The van der Waals surface area contributed by atoms with Crippen molar-refractivity contribution in [2.75, 3.05) is 0 Å². The van der Waals surface area contributed by atoms with Crippen LogP contribution in [0.25, 0.3) is 0 Å². The van der Waals surface area contributed by atoms with Crippen molar-refractivity contribution < 1.29 is 4.79 Å². The fourth-order valence-electron chi connectivity index (χ4n) is 0.877. The Balaban J connectivity index is 2.48. The van der Waals surface area contributed by atoms with Crippen LogP contribution in [-0.4, -0.2) is 15.5 Å². The first-order valence-corrected chi connectivity index (χ1v) is 4.01. The molecule has 1 aromatic heterocycles. The summed E-state index contributed by atoms with van der Waals surface area (Å²) in [6.45, 7) is 5.65. The molecular formula is C9H13N3O. The van der Waals surface area contributed by atoms with E-state index in [9.17, 15) is 4.79 Å². The van der Waals surface area contributed by atoms with Crippen molar-refractivity contribution in [3.05, 3.63) is 30.4 Å². The molecule has 0 unspecified atom stereocenters. The van der Waals surface area contributed by atoms with Crippen LogP contribution in [0.4, 0.5) is 0 Å². The minimum Gasteiger partial charge on any atom is -0.345 e. The maximum absolute atomic E-state index is 11.1. The van der Waals surface area contributed by atoms with Gasteiger partial charge in [0.25, 0.3) is 0 Å². The topological polar surface area (TPSA) is 46.9 Å². The molecule has 1 aromatic rings. The first-order valence-electron chi connectivity index (χ1n) is 4.01. The summed E-state index contributed by atoms with van der Waals surface area (Å²) >= 11 is 0. The summed E-state index contributed by atoms with van der Waals surface area (Å²) < 4.78 is 1.86.